The number of hydrogen-bond acceptors (Lipinski definition) is 3. The van der Waals surface area contributed by atoms with Gasteiger partial charge in [0.25, 0.3) is 0 Å². The van der Waals surface area contributed by atoms with Gasteiger partial charge >= 0.3 is 0 Å². The van der Waals surface area contributed by atoms with Crippen LogP contribution in [0.15, 0.2) is 35.9 Å². The fourth-order valence-corrected chi connectivity index (χ4v) is 6.39. The van der Waals surface area contributed by atoms with E-state index in [9.17, 15) is 0 Å². The molecule has 2 bridgehead atoms. The molecule has 3 heterocycles. The summed E-state index contributed by atoms with van der Waals surface area (Å²) in [7, 11) is 1.70. The molecular weight excluding hydrogens is 366 g/mol. The number of methoxy groups -OCH3 is 1. The quantitative estimate of drug-likeness (QED) is 0.594. The van der Waals surface area contributed by atoms with Crippen LogP contribution in [0.1, 0.15) is 38.5 Å². The first-order valence-electron chi connectivity index (χ1n) is 10.9. The molecule has 0 amide bonds. The van der Waals surface area contributed by atoms with Gasteiger partial charge in [-0.15, -0.1) is 0 Å². The van der Waals surface area contributed by atoms with Crippen molar-refractivity contribution in [1.29, 1.82) is 0 Å². The van der Waals surface area contributed by atoms with Crippen LogP contribution in [0.5, 0.6) is 5.75 Å². The summed E-state index contributed by atoms with van der Waals surface area (Å²) >= 11 is 5.89. The van der Waals surface area contributed by atoms with E-state index in [1.807, 2.05) is 24.3 Å². The summed E-state index contributed by atoms with van der Waals surface area (Å²) < 4.78 is 5.27. The van der Waals surface area contributed by atoms with E-state index < -0.39 is 0 Å². The molecule has 4 unspecified atom stereocenters. The van der Waals surface area contributed by atoms with Gasteiger partial charge in [0.1, 0.15) is 5.75 Å². The van der Waals surface area contributed by atoms with Gasteiger partial charge in [0.05, 0.1) is 13.2 Å². The molecule has 0 aromatic heterocycles. The number of thiocarbonyl (C=S) groups is 1. The van der Waals surface area contributed by atoms with Gasteiger partial charge < -0.3 is 15.0 Å². The second kappa shape index (κ2) is 7.68. The minimum atomic E-state index is 0.492. The Kier molecular flexibility index (Phi) is 5.06. The highest BCUT2D eigenvalue weighted by Crippen LogP contribution is 2.45. The summed E-state index contributed by atoms with van der Waals surface area (Å²) in [6.45, 7) is 3.61. The van der Waals surface area contributed by atoms with Crippen LogP contribution in [-0.2, 0) is 0 Å². The maximum atomic E-state index is 5.89. The molecule has 1 aromatic carbocycles. The molecule has 1 aliphatic carbocycles. The van der Waals surface area contributed by atoms with Crippen LogP contribution >= 0.6 is 12.2 Å². The van der Waals surface area contributed by atoms with E-state index in [4.69, 9.17) is 17.0 Å². The van der Waals surface area contributed by atoms with E-state index in [1.54, 1.807) is 12.7 Å². The summed E-state index contributed by atoms with van der Waals surface area (Å²) in [6, 6.07) is 9.35. The van der Waals surface area contributed by atoms with E-state index in [0.717, 1.165) is 41.0 Å². The minimum Gasteiger partial charge on any atom is -0.497 e. The standard InChI is InChI=1S/C23H31N3OS/c1-27-20-9-7-19(8-10-20)24-23(28)26-12-4-5-16-13-17-14-18(22(16)26)15-25-11-3-2-6-21(17)25/h7-10,13,17-18,21-22H,2-6,11-12,14-15H2,1H3,(H,24,28). The lowest BCUT2D eigenvalue weighted by molar-refractivity contribution is 0.0132. The summed E-state index contributed by atoms with van der Waals surface area (Å²) in [5.41, 5.74) is 2.70. The number of hydrogen-bond donors (Lipinski definition) is 1. The molecular formula is C23H31N3OS. The summed E-state index contributed by atoms with van der Waals surface area (Å²) in [5, 5.41) is 4.36. The predicted octanol–water partition coefficient (Wildman–Crippen LogP) is 4.29. The molecule has 150 valence electrons. The lowest BCUT2D eigenvalue weighted by Crippen LogP contribution is -2.60. The zero-order valence-electron chi connectivity index (χ0n) is 16.8. The van der Waals surface area contributed by atoms with Crippen LogP contribution in [-0.4, -0.2) is 53.7 Å². The smallest absolute Gasteiger partial charge is 0.173 e. The van der Waals surface area contributed by atoms with Crippen LogP contribution in [0.2, 0.25) is 0 Å². The molecule has 3 aliphatic heterocycles. The Balaban J connectivity index is 1.35. The average molecular weight is 398 g/mol. The van der Waals surface area contributed by atoms with Crippen molar-refractivity contribution in [2.45, 2.75) is 50.6 Å². The highest BCUT2D eigenvalue weighted by molar-refractivity contribution is 7.80. The van der Waals surface area contributed by atoms with Gasteiger partial charge in [-0.1, -0.05) is 18.1 Å². The summed E-state index contributed by atoms with van der Waals surface area (Å²) in [4.78, 5) is 5.28. The molecule has 0 radical (unpaired) electrons. The number of fused-ring (bicyclic) bond motifs is 6. The van der Waals surface area contributed by atoms with Crippen molar-refractivity contribution in [3.05, 3.63) is 35.9 Å². The lowest BCUT2D eigenvalue weighted by atomic mass is 9.68. The first-order chi connectivity index (χ1) is 13.7. The highest BCUT2D eigenvalue weighted by atomic mass is 32.1. The third kappa shape index (κ3) is 3.33. The van der Waals surface area contributed by atoms with Crippen molar-refractivity contribution in [2.24, 2.45) is 11.8 Å². The summed E-state index contributed by atoms with van der Waals surface area (Å²) in [5.74, 6) is 2.36. The first kappa shape index (κ1) is 18.4. The molecule has 5 heteroatoms. The number of benzene rings is 1. The van der Waals surface area contributed by atoms with E-state index in [1.165, 1.54) is 51.6 Å². The number of piperidine rings is 3. The number of nitrogens with zero attached hydrogens (tertiary/aromatic N) is 2. The normalized spacial score (nSPS) is 32.0. The molecule has 4 atom stereocenters. The van der Waals surface area contributed by atoms with Crippen molar-refractivity contribution in [2.75, 3.05) is 32.1 Å². The molecule has 3 saturated heterocycles. The van der Waals surface area contributed by atoms with Crippen LogP contribution in [0.3, 0.4) is 0 Å². The van der Waals surface area contributed by atoms with Gasteiger partial charge in [-0.3, -0.25) is 4.90 Å². The Hall–Kier alpha value is -1.59. The van der Waals surface area contributed by atoms with Gasteiger partial charge in [-0.2, -0.15) is 0 Å². The van der Waals surface area contributed by atoms with Gasteiger partial charge in [0.2, 0.25) is 0 Å². The maximum Gasteiger partial charge on any atom is 0.173 e. The molecule has 28 heavy (non-hydrogen) atoms. The first-order valence-corrected chi connectivity index (χ1v) is 11.3. The fraction of sp³-hybridized carbons (Fsp3) is 0.609. The number of nitrogens with one attached hydrogen (secondary N) is 1. The van der Waals surface area contributed by atoms with E-state index in [2.05, 4.69) is 21.2 Å². The van der Waals surface area contributed by atoms with Gasteiger partial charge in [-0.05, 0) is 87.0 Å². The molecule has 3 fully saturated rings. The van der Waals surface area contributed by atoms with Crippen molar-refractivity contribution < 1.29 is 4.74 Å². The zero-order chi connectivity index (χ0) is 19.1. The number of likely N-dealkylation sites (tertiary alicyclic amines) is 1. The third-order valence-electron chi connectivity index (χ3n) is 7.26. The second-order valence-electron chi connectivity index (χ2n) is 8.86. The van der Waals surface area contributed by atoms with Gasteiger partial charge in [0.15, 0.2) is 5.11 Å². The maximum absolute atomic E-state index is 5.89. The van der Waals surface area contributed by atoms with Gasteiger partial charge in [-0.25, -0.2) is 0 Å². The summed E-state index contributed by atoms with van der Waals surface area (Å²) in [6.07, 6.45) is 10.7. The van der Waals surface area contributed by atoms with Crippen molar-refractivity contribution in [1.82, 2.24) is 9.80 Å². The Labute approximate surface area is 173 Å². The largest absolute Gasteiger partial charge is 0.497 e. The third-order valence-corrected chi connectivity index (χ3v) is 7.60. The topological polar surface area (TPSA) is 27.7 Å². The van der Waals surface area contributed by atoms with E-state index in [0.29, 0.717) is 6.04 Å². The highest BCUT2D eigenvalue weighted by Gasteiger charge is 2.46. The van der Waals surface area contributed by atoms with Crippen molar-refractivity contribution in [3.8, 4) is 5.75 Å². The van der Waals surface area contributed by atoms with Crippen LogP contribution in [0, 0.1) is 11.8 Å². The van der Waals surface area contributed by atoms with E-state index in [-0.39, 0.29) is 0 Å². The Morgan fingerprint density at radius 3 is 2.82 bits per heavy atom. The molecule has 4 nitrogen and oxygen atoms in total. The molecule has 1 N–H and O–H groups in total. The molecule has 1 aromatic rings. The van der Waals surface area contributed by atoms with Crippen LogP contribution in [0.4, 0.5) is 5.69 Å². The lowest BCUT2D eigenvalue weighted by Gasteiger charge is -2.55. The van der Waals surface area contributed by atoms with E-state index >= 15 is 0 Å². The number of ether oxygens (including phenoxy) is 1. The zero-order valence-corrected chi connectivity index (χ0v) is 17.6. The monoisotopic (exact) mass is 397 g/mol. The number of rotatable bonds is 2. The van der Waals surface area contributed by atoms with Crippen LogP contribution in [0.25, 0.3) is 0 Å². The SMILES string of the molecule is COc1ccc(NC(=S)N2CCCC3=CC4CC(CN5CCCCC45)C32)cc1. The second-order valence-corrected chi connectivity index (χ2v) is 9.25. The molecule has 4 aliphatic rings. The number of anilines is 1. The molecule has 0 spiro atoms. The van der Waals surface area contributed by atoms with Crippen molar-refractivity contribution >= 4 is 23.0 Å². The Morgan fingerprint density at radius 2 is 2.00 bits per heavy atom. The minimum absolute atomic E-state index is 0.492. The van der Waals surface area contributed by atoms with Crippen molar-refractivity contribution in [3.63, 3.8) is 0 Å². The Bertz CT molecular complexity index is 762. The average Bonchev–Trinajstić information content (AvgIpc) is 2.74. The van der Waals surface area contributed by atoms with Gasteiger partial charge in [0, 0.05) is 24.8 Å². The fourth-order valence-electron chi connectivity index (χ4n) is 6.07. The van der Waals surface area contributed by atoms with Crippen LogP contribution < -0.4 is 10.1 Å². The predicted molar refractivity (Wildman–Crippen MR) is 118 cm³/mol. The molecule has 0 saturated carbocycles. The molecule has 5 rings (SSSR count). The Morgan fingerprint density at radius 1 is 1.14 bits per heavy atom.